The molecular formula is C24H23Cl2N3O5S. The van der Waals surface area contributed by atoms with Crippen LogP contribution in [0.25, 0.3) is 0 Å². The molecular weight excluding hydrogens is 513 g/mol. The second kappa shape index (κ2) is 10.2. The second-order valence-corrected chi connectivity index (χ2v) is 10.3. The number of anilines is 2. The highest BCUT2D eigenvalue weighted by Crippen LogP contribution is 2.33. The molecule has 1 amide bonds. The van der Waals surface area contributed by atoms with E-state index < -0.39 is 10.0 Å². The first kappa shape index (κ1) is 25.0. The molecule has 0 aliphatic carbocycles. The van der Waals surface area contributed by atoms with Crippen molar-refractivity contribution in [2.75, 3.05) is 42.9 Å². The third-order valence-electron chi connectivity index (χ3n) is 5.67. The summed E-state index contributed by atoms with van der Waals surface area (Å²) in [4.78, 5) is 16.7. The molecule has 1 saturated heterocycles. The molecule has 2 N–H and O–H groups in total. The molecule has 1 aliphatic rings. The number of hydrogen-bond donors (Lipinski definition) is 2. The highest BCUT2D eigenvalue weighted by molar-refractivity contribution is 7.92. The van der Waals surface area contributed by atoms with E-state index >= 15 is 0 Å². The highest BCUT2D eigenvalue weighted by Gasteiger charge is 2.28. The van der Waals surface area contributed by atoms with Gasteiger partial charge in [-0.15, -0.1) is 0 Å². The summed E-state index contributed by atoms with van der Waals surface area (Å²) in [5, 5.41) is 9.44. The monoisotopic (exact) mass is 535 g/mol. The molecule has 1 aliphatic heterocycles. The molecule has 1 fully saturated rings. The Morgan fingerprint density at radius 3 is 2.29 bits per heavy atom. The fraction of sp³-hybridized carbons (Fsp3) is 0.208. The number of methoxy groups -OCH3 is 1. The van der Waals surface area contributed by atoms with Gasteiger partial charge in [0.1, 0.15) is 16.4 Å². The Bertz CT molecular complexity index is 1340. The van der Waals surface area contributed by atoms with E-state index in [1.54, 1.807) is 41.3 Å². The number of aromatic hydroxyl groups is 1. The molecule has 3 aromatic rings. The van der Waals surface area contributed by atoms with Crippen LogP contribution in [0.4, 0.5) is 11.4 Å². The number of ether oxygens (including phenoxy) is 1. The van der Waals surface area contributed by atoms with Crippen molar-refractivity contribution in [3.05, 3.63) is 76.3 Å². The van der Waals surface area contributed by atoms with Crippen LogP contribution >= 0.6 is 23.2 Å². The van der Waals surface area contributed by atoms with E-state index in [1.165, 1.54) is 19.2 Å². The summed E-state index contributed by atoms with van der Waals surface area (Å²) >= 11 is 12.5. The summed E-state index contributed by atoms with van der Waals surface area (Å²) < 4.78 is 33.9. The largest absolute Gasteiger partial charge is 0.508 e. The lowest BCUT2D eigenvalue weighted by Crippen LogP contribution is -2.48. The van der Waals surface area contributed by atoms with Crippen LogP contribution in [0.15, 0.2) is 65.6 Å². The highest BCUT2D eigenvalue weighted by atomic mass is 35.5. The molecule has 11 heteroatoms. The fourth-order valence-corrected chi connectivity index (χ4v) is 5.75. The van der Waals surface area contributed by atoms with Crippen LogP contribution in [0.3, 0.4) is 0 Å². The molecule has 35 heavy (non-hydrogen) atoms. The van der Waals surface area contributed by atoms with Gasteiger partial charge in [0.25, 0.3) is 15.9 Å². The van der Waals surface area contributed by atoms with Crippen LogP contribution < -0.4 is 14.4 Å². The summed E-state index contributed by atoms with van der Waals surface area (Å²) in [5.41, 5.74) is 1.23. The molecule has 1 heterocycles. The van der Waals surface area contributed by atoms with Gasteiger partial charge in [0, 0.05) is 31.9 Å². The molecule has 3 aromatic carbocycles. The number of nitrogens with one attached hydrogen (secondary N) is 1. The second-order valence-electron chi connectivity index (χ2n) is 7.86. The first-order chi connectivity index (χ1) is 16.7. The number of piperazine rings is 1. The minimum atomic E-state index is -4.15. The molecule has 184 valence electrons. The molecule has 0 unspecified atom stereocenters. The number of sulfonamides is 1. The first-order valence-electron chi connectivity index (χ1n) is 10.7. The standard InChI is InChI=1S/C24H23Cl2N3O5S/c1-34-22-5-3-2-4-21(22)27-35(32,33)23-14-18(19(25)15-20(23)26)24(31)29-12-10-28(11-13-29)16-6-8-17(30)9-7-16/h2-9,14-15,27,30H,10-13H2,1H3. The molecule has 0 bridgehead atoms. The Morgan fingerprint density at radius 1 is 0.971 bits per heavy atom. The van der Waals surface area contributed by atoms with Gasteiger partial charge in [-0.1, -0.05) is 35.3 Å². The third kappa shape index (κ3) is 5.42. The molecule has 8 nitrogen and oxygen atoms in total. The Hall–Kier alpha value is -3.14. The average Bonchev–Trinajstić information content (AvgIpc) is 2.84. The maximum Gasteiger partial charge on any atom is 0.263 e. The van der Waals surface area contributed by atoms with Gasteiger partial charge in [-0.2, -0.15) is 0 Å². The summed E-state index contributed by atoms with van der Waals surface area (Å²) in [7, 11) is -2.72. The van der Waals surface area contributed by atoms with Crippen LogP contribution in [0.2, 0.25) is 10.0 Å². The molecule has 0 saturated carbocycles. The van der Waals surface area contributed by atoms with Crippen LogP contribution in [0.5, 0.6) is 11.5 Å². The van der Waals surface area contributed by atoms with Gasteiger partial charge in [-0.05, 0) is 48.5 Å². The number of benzene rings is 3. The Morgan fingerprint density at radius 2 is 1.63 bits per heavy atom. The van der Waals surface area contributed by atoms with Gasteiger partial charge in [0.2, 0.25) is 0 Å². The zero-order chi connectivity index (χ0) is 25.2. The normalized spacial score (nSPS) is 14.0. The Balaban J connectivity index is 1.55. The molecule has 0 atom stereocenters. The number of carbonyl (C=O) groups is 1. The number of phenols is 1. The molecule has 0 radical (unpaired) electrons. The van der Waals surface area contributed by atoms with Crippen molar-refractivity contribution in [3.63, 3.8) is 0 Å². The number of phenolic OH excluding ortho intramolecular Hbond substituents is 1. The van der Waals surface area contributed by atoms with E-state index in [1.807, 2.05) is 12.1 Å². The lowest BCUT2D eigenvalue weighted by Gasteiger charge is -2.36. The van der Waals surface area contributed by atoms with Gasteiger partial charge in [-0.3, -0.25) is 9.52 Å². The molecule has 4 rings (SSSR count). The van der Waals surface area contributed by atoms with Crippen molar-refractivity contribution in [1.29, 1.82) is 0 Å². The maximum absolute atomic E-state index is 13.3. The van der Waals surface area contributed by atoms with Gasteiger partial charge in [-0.25, -0.2) is 8.42 Å². The summed E-state index contributed by atoms with van der Waals surface area (Å²) in [5.74, 6) is 0.139. The zero-order valence-corrected chi connectivity index (χ0v) is 21.1. The van der Waals surface area contributed by atoms with Crippen LogP contribution in [-0.4, -0.2) is 57.6 Å². The molecule has 0 spiro atoms. The number of carbonyl (C=O) groups excluding carboxylic acids is 1. The minimum absolute atomic E-state index is 0.0505. The first-order valence-corrected chi connectivity index (χ1v) is 12.9. The lowest BCUT2D eigenvalue weighted by molar-refractivity contribution is 0.0746. The lowest BCUT2D eigenvalue weighted by atomic mass is 10.1. The topological polar surface area (TPSA) is 99.2 Å². The van der Waals surface area contributed by atoms with E-state index in [9.17, 15) is 18.3 Å². The zero-order valence-electron chi connectivity index (χ0n) is 18.7. The van der Waals surface area contributed by atoms with Crippen molar-refractivity contribution in [1.82, 2.24) is 4.90 Å². The van der Waals surface area contributed by atoms with Gasteiger partial charge < -0.3 is 19.6 Å². The van der Waals surface area contributed by atoms with Gasteiger partial charge >= 0.3 is 0 Å². The van der Waals surface area contributed by atoms with Crippen molar-refractivity contribution < 1.29 is 23.1 Å². The van der Waals surface area contributed by atoms with Crippen molar-refractivity contribution in [3.8, 4) is 11.5 Å². The predicted molar refractivity (Wildman–Crippen MR) is 136 cm³/mol. The maximum atomic E-state index is 13.3. The van der Waals surface area contributed by atoms with E-state index in [0.717, 1.165) is 5.69 Å². The van der Waals surface area contributed by atoms with Crippen molar-refractivity contribution >= 4 is 50.5 Å². The number of amides is 1. The van der Waals surface area contributed by atoms with Crippen molar-refractivity contribution in [2.45, 2.75) is 4.90 Å². The van der Waals surface area contributed by atoms with E-state index in [0.29, 0.717) is 31.9 Å². The van der Waals surface area contributed by atoms with Crippen LogP contribution in [0.1, 0.15) is 10.4 Å². The van der Waals surface area contributed by atoms with Gasteiger partial charge in [0.05, 0.1) is 28.4 Å². The Kier molecular flexibility index (Phi) is 7.30. The average molecular weight is 536 g/mol. The smallest absolute Gasteiger partial charge is 0.263 e. The predicted octanol–water partition coefficient (Wildman–Crippen LogP) is 4.47. The van der Waals surface area contributed by atoms with Crippen LogP contribution in [0, 0.1) is 0 Å². The Labute approximate surface area is 213 Å². The number of rotatable bonds is 6. The fourth-order valence-electron chi connectivity index (χ4n) is 3.83. The quantitative estimate of drug-likeness (QED) is 0.483. The van der Waals surface area contributed by atoms with E-state index in [4.69, 9.17) is 27.9 Å². The number of para-hydroxylation sites is 2. The minimum Gasteiger partial charge on any atom is -0.508 e. The number of hydrogen-bond acceptors (Lipinski definition) is 6. The van der Waals surface area contributed by atoms with Crippen LogP contribution in [-0.2, 0) is 10.0 Å². The number of nitrogens with zero attached hydrogens (tertiary/aromatic N) is 2. The van der Waals surface area contributed by atoms with Crippen molar-refractivity contribution in [2.24, 2.45) is 0 Å². The van der Waals surface area contributed by atoms with Gasteiger partial charge in [0.15, 0.2) is 0 Å². The summed E-state index contributed by atoms with van der Waals surface area (Å²) in [6, 6.07) is 15.9. The molecule has 0 aromatic heterocycles. The summed E-state index contributed by atoms with van der Waals surface area (Å²) in [6.45, 7) is 1.98. The number of halogens is 2. The SMILES string of the molecule is COc1ccccc1NS(=O)(=O)c1cc(C(=O)N2CCN(c3ccc(O)cc3)CC2)c(Cl)cc1Cl. The van der Waals surface area contributed by atoms with E-state index in [2.05, 4.69) is 9.62 Å². The van der Waals surface area contributed by atoms with E-state index in [-0.39, 0.29) is 37.8 Å². The third-order valence-corrected chi connectivity index (χ3v) is 7.82. The summed E-state index contributed by atoms with van der Waals surface area (Å²) in [6.07, 6.45) is 0.